The largest absolute Gasteiger partial charge is 0.496 e. The van der Waals surface area contributed by atoms with Crippen molar-refractivity contribution in [2.45, 2.75) is 25.4 Å². The lowest BCUT2D eigenvalue weighted by molar-refractivity contribution is -0.121. The number of carbonyl (C=O) groups excluding carboxylic acids is 1. The zero-order valence-electron chi connectivity index (χ0n) is 20.3. The topological polar surface area (TPSA) is 56.1 Å². The van der Waals surface area contributed by atoms with Crippen molar-refractivity contribution in [1.82, 2.24) is 14.9 Å². The second kappa shape index (κ2) is 10.9. The van der Waals surface area contributed by atoms with E-state index in [1.54, 1.807) is 19.5 Å². The van der Waals surface area contributed by atoms with E-state index in [2.05, 4.69) is 75.7 Å². The average molecular weight is 476 g/mol. The molecule has 0 aliphatic carbocycles. The summed E-state index contributed by atoms with van der Waals surface area (Å²) in [6.45, 7) is 1.23. The van der Waals surface area contributed by atoms with Crippen LogP contribution in [0.3, 0.4) is 0 Å². The summed E-state index contributed by atoms with van der Waals surface area (Å²) in [5.41, 5.74) is 5.51. The second-order valence-electron chi connectivity index (χ2n) is 8.85. The monoisotopic (exact) mass is 475 g/mol. The van der Waals surface area contributed by atoms with Crippen LogP contribution in [-0.2, 0) is 17.9 Å². The smallest absolute Gasteiger partial charge is 0.221 e. The second-order valence-corrected chi connectivity index (χ2v) is 8.85. The Labute approximate surface area is 211 Å². The van der Waals surface area contributed by atoms with E-state index in [4.69, 9.17) is 4.74 Å². The van der Waals surface area contributed by atoms with E-state index in [1.807, 2.05) is 36.4 Å². The van der Waals surface area contributed by atoms with Crippen LogP contribution in [0, 0.1) is 0 Å². The van der Waals surface area contributed by atoms with E-state index in [1.165, 1.54) is 5.56 Å². The minimum Gasteiger partial charge on any atom is -0.496 e. The van der Waals surface area contributed by atoms with Gasteiger partial charge in [-0.2, -0.15) is 0 Å². The van der Waals surface area contributed by atoms with E-state index in [9.17, 15) is 4.79 Å². The number of nitrogens with zero attached hydrogens (tertiary/aromatic N) is 2. The highest BCUT2D eigenvalue weighted by atomic mass is 16.5. The van der Waals surface area contributed by atoms with Crippen LogP contribution in [0.15, 0.2) is 110 Å². The molecule has 0 radical (unpaired) electrons. The van der Waals surface area contributed by atoms with Gasteiger partial charge in [-0.1, -0.05) is 66.7 Å². The highest BCUT2D eigenvalue weighted by Crippen LogP contribution is 2.38. The third kappa shape index (κ3) is 5.15. The first kappa shape index (κ1) is 23.4. The molecule has 0 saturated heterocycles. The summed E-state index contributed by atoms with van der Waals surface area (Å²) >= 11 is 0. The predicted octanol–water partition coefficient (Wildman–Crippen LogP) is 5.93. The molecule has 2 heterocycles. The summed E-state index contributed by atoms with van der Waals surface area (Å²) < 4.78 is 8.00. The molecule has 1 amide bonds. The van der Waals surface area contributed by atoms with Crippen molar-refractivity contribution in [1.29, 1.82) is 0 Å². The molecular weight excluding hydrogens is 446 g/mol. The standard InChI is InChI=1S/C31H29N3O2/c1-36-30-14-8-6-12-26(30)27(19-31(35)33-20-23-15-17-32-18-16-23)28-22-34(21-24-9-3-2-4-10-24)29-13-7-5-11-25(28)29/h2-18,22,27H,19-21H2,1H3,(H,33,35). The van der Waals surface area contributed by atoms with Gasteiger partial charge < -0.3 is 14.6 Å². The molecule has 5 heteroatoms. The van der Waals surface area contributed by atoms with Crippen molar-refractivity contribution in [3.63, 3.8) is 0 Å². The molecule has 3 aromatic carbocycles. The Morgan fingerprint density at radius 3 is 2.39 bits per heavy atom. The van der Waals surface area contributed by atoms with Gasteiger partial charge in [-0.05, 0) is 41.0 Å². The van der Waals surface area contributed by atoms with Crippen LogP contribution < -0.4 is 10.1 Å². The maximum absolute atomic E-state index is 13.2. The van der Waals surface area contributed by atoms with E-state index >= 15 is 0 Å². The average Bonchev–Trinajstić information content (AvgIpc) is 3.29. The number of pyridine rings is 1. The van der Waals surface area contributed by atoms with Crippen LogP contribution in [0.4, 0.5) is 0 Å². The third-order valence-electron chi connectivity index (χ3n) is 6.53. The van der Waals surface area contributed by atoms with Crippen LogP contribution in [0.2, 0.25) is 0 Å². The summed E-state index contributed by atoms with van der Waals surface area (Å²) in [5.74, 6) is 0.604. The maximum atomic E-state index is 13.2. The zero-order valence-corrected chi connectivity index (χ0v) is 20.3. The summed E-state index contributed by atoms with van der Waals surface area (Å²) in [5, 5.41) is 4.23. The number of hydrogen-bond acceptors (Lipinski definition) is 3. The molecule has 1 unspecified atom stereocenters. The number of methoxy groups -OCH3 is 1. The predicted molar refractivity (Wildman–Crippen MR) is 143 cm³/mol. The number of hydrogen-bond donors (Lipinski definition) is 1. The number of rotatable bonds is 9. The van der Waals surface area contributed by atoms with Crippen LogP contribution in [0.1, 0.15) is 34.6 Å². The van der Waals surface area contributed by atoms with E-state index in [-0.39, 0.29) is 11.8 Å². The number of ether oxygens (including phenoxy) is 1. The number of para-hydroxylation sites is 2. The van der Waals surface area contributed by atoms with Gasteiger partial charge in [0, 0.05) is 60.5 Å². The minimum atomic E-state index is -0.166. The number of carbonyl (C=O) groups is 1. The van der Waals surface area contributed by atoms with Crippen molar-refractivity contribution in [3.05, 3.63) is 132 Å². The summed E-state index contributed by atoms with van der Waals surface area (Å²) in [6.07, 6.45) is 5.98. The first-order valence-corrected chi connectivity index (χ1v) is 12.1. The molecule has 0 bridgehead atoms. The first-order valence-electron chi connectivity index (χ1n) is 12.1. The molecule has 1 atom stereocenters. The van der Waals surface area contributed by atoms with Crippen LogP contribution in [0.25, 0.3) is 10.9 Å². The van der Waals surface area contributed by atoms with Crippen LogP contribution in [0.5, 0.6) is 5.75 Å². The van der Waals surface area contributed by atoms with Gasteiger partial charge in [0.05, 0.1) is 7.11 Å². The van der Waals surface area contributed by atoms with Gasteiger partial charge in [0.15, 0.2) is 0 Å². The molecule has 0 saturated carbocycles. The number of fused-ring (bicyclic) bond motifs is 1. The molecule has 1 N–H and O–H groups in total. The Bertz CT molecular complexity index is 1440. The molecule has 0 spiro atoms. The van der Waals surface area contributed by atoms with Crippen molar-refractivity contribution >= 4 is 16.8 Å². The lowest BCUT2D eigenvalue weighted by atomic mass is 9.87. The fraction of sp³-hybridized carbons (Fsp3) is 0.161. The van der Waals surface area contributed by atoms with Crippen LogP contribution in [-0.4, -0.2) is 22.6 Å². The van der Waals surface area contributed by atoms with Crippen molar-refractivity contribution in [2.75, 3.05) is 7.11 Å². The molecule has 180 valence electrons. The number of nitrogens with one attached hydrogen (secondary N) is 1. The SMILES string of the molecule is COc1ccccc1C(CC(=O)NCc1ccncc1)c1cn(Cc2ccccc2)c2ccccc12. The Hall–Kier alpha value is -4.38. The summed E-state index contributed by atoms with van der Waals surface area (Å²) in [7, 11) is 1.68. The Balaban J connectivity index is 1.52. The van der Waals surface area contributed by atoms with Gasteiger partial charge >= 0.3 is 0 Å². The maximum Gasteiger partial charge on any atom is 0.221 e. The first-order chi connectivity index (χ1) is 17.7. The fourth-order valence-electron chi connectivity index (χ4n) is 4.76. The molecule has 5 aromatic rings. The molecule has 0 aliphatic heterocycles. The Kier molecular flexibility index (Phi) is 7.08. The highest BCUT2D eigenvalue weighted by molar-refractivity contribution is 5.87. The number of aromatic nitrogens is 2. The van der Waals surface area contributed by atoms with Gasteiger partial charge in [0.1, 0.15) is 5.75 Å². The Morgan fingerprint density at radius 1 is 0.861 bits per heavy atom. The molecule has 0 aliphatic rings. The lowest BCUT2D eigenvalue weighted by Crippen LogP contribution is -2.25. The lowest BCUT2D eigenvalue weighted by Gasteiger charge is -2.20. The molecule has 5 nitrogen and oxygen atoms in total. The van der Waals surface area contributed by atoms with E-state index in [0.29, 0.717) is 13.0 Å². The summed E-state index contributed by atoms with van der Waals surface area (Å²) in [4.78, 5) is 17.3. The number of amides is 1. The minimum absolute atomic E-state index is 0.0115. The summed E-state index contributed by atoms with van der Waals surface area (Å²) in [6, 6.07) is 30.6. The zero-order chi connectivity index (χ0) is 24.7. The Morgan fingerprint density at radius 2 is 1.58 bits per heavy atom. The number of benzene rings is 3. The van der Waals surface area contributed by atoms with E-state index < -0.39 is 0 Å². The fourth-order valence-corrected chi connectivity index (χ4v) is 4.76. The quantitative estimate of drug-likeness (QED) is 0.287. The highest BCUT2D eigenvalue weighted by Gasteiger charge is 2.25. The van der Waals surface area contributed by atoms with Gasteiger partial charge in [0.25, 0.3) is 0 Å². The molecular formula is C31H29N3O2. The van der Waals surface area contributed by atoms with Gasteiger partial charge in [-0.15, -0.1) is 0 Å². The molecule has 2 aromatic heterocycles. The van der Waals surface area contributed by atoms with Gasteiger partial charge in [0.2, 0.25) is 5.91 Å². The van der Waals surface area contributed by atoms with Crippen LogP contribution >= 0.6 is 0 Å². The van der Waals surface area contributed by atoms with Crippen molar-refractivity contribution < 1.29 is 9.53 Å². The molecule has 5 rings (SSSR count). The van der Waals surface area contributed by atoms with Gasteiger partial charge in [-0.25, -0.2) is 0 Å². The molecule has 36 heavy (non-hydrogen) atoms. The third-order valence-corrected chi connectivity index (χ3v) is 6.53. The van der Waals surface area contributed by atoms with Crippen molar-refractivity contribution in [3.8, 4) is 5.75 Å². The van der Waals surface area contributed by atoms with Crippen molar-refractivity contribution in [2.24, 2.45) is 0 Å². The van der Waals surface area contributed by atoms with E-state index in [0.717, 1.165) is 39.9 Å². The van der Waals surface area contributed by atoms with Gasteiger partial charge in [-0.3, -0.25) is 9.78 Å². The molecule has 0 fully saturated rings. The normalized spacial score (nSPS) is 11.8.